The molecule has 3 aromatic carbocycles. The van der Waals surface area contributed by atoms with Gasteiger partial charge in [0.1, 0.15) is 5.75 Å². The smallest absolute Gasteiger partial charge is 0.296 e. The maximum Gasteiger partial charge on any atom is 0.296 e. The van der Waals surface area contributed by atoms with Gasteiger partial charge in [-0.1, -0.05) is 85.7 Å². The van der Waals surface area contributed by atoms with Crippen molar-refractivity contribution in [1.82, 2.24) is 4.98 Å². The van der Waals surface area contributed by atoms with Crippen molar-refractivity contribution < 1.29 is 19.4 Å². The fourth-order valence-corrected chi connectivity index (χ4v) is 5.73. The van der Waals surface area contributed by atoms with Gasteiger partial charge >= 0.3 is 0 Å². The van der Waals surface area contributed by atoms with Gasteiger partial charge in [0, 0.05) is 0 Å². The Bertz CT molecular complexity index is 1570. The number of aromatic nitrogens is 1. The molecule has 0 fully saturated rings. The van der Waals surface area contributed by atoms with Crippen LogP contribution in [0, 0.1) is 6.92 Å². The number of benzene rings is 3. The predicted octanol–water partition coefficient (Wildman–Crippen LogP) is 7.36. The van der Waals surface area contributed by atoms with Crippen LogP contribution in [0.2, 0.25) is 0 Å². The summed E-state index contributed by atoms with van der Waals surface area (Å²) in [7, 11) is 0. The van der Waals surface area contributed by atoms with Crippen molar-refractivity contribution in [1.29, 1.82) is 0 Å². The lowest BCUT2D eigenvalue weighted by Crippen LogP contribution is -2.30. The minimum atomic E-state index is -0.855. The molecular formula is C32H30N2O4S. The van der Waals surface area contributed by atoms with Crippen LogP contribution in [0.15, 0.2) is 90.2 Å². The van der Waals surface area contributed by atoms with Crippen LogP contribution < -0.4 is 9.64 Å². The van der Waals surface area contributed by atoms with Crippen molar-refractivity contribution in [3.05, 3.63) is 107 Å². The van der Waals surface area contributed by atoms with Crippen molar-refractivity contribution in [2.24, 2.45) is 0 Å². The van der Waals surface area contributed by atoms with Gasteiger partial charge in [0.25, 0.3) is 5.91 Å². The Kier molecular flexibility index (Phi) is 7.89. The summed E-state index contributed by atoms with van der Waals surface area (Å²) in [6, 6.07) is 21.8. The Balaban J connectivity index is 1.55. The SMILES string of the molecule is CCCCCOc1cccc(C2C(C(=O)/C=C/c3ccccc3)=C(O)C(=O)N2c2nc3ccc(C)cc3s2)c1. The zero-order valence-electron chi connectivity index (χ0n) is 22.0. The van der Waals surface area contributed by atoms with E-state index in [2.05, 4.69) is 6.92 Å². The fourth-order valence-electron chi connectivity index (χ4n) is 4.63. The molecule has 1 aliphatic heterocycles. The summed E-state index contributed by atoms with van der Waals surface area (Å²) in [6.07, 6.45) is 6.19. The largest absolute Gasteiger partial charge is 0.503 e. The van der Waals surface area contributed by atoms with E-state index in [-0.39, 0.29) is 5.57 Å². The van der Waals surface area contributed by atoms with Crippen LogP contribution in [0.4, 0.5) is 5.13 Å². The number of carbonyl (C=O) groups is 2. The number of aliphatic hydroxyl groups excluding tert-OH is 1. The molecule has 0 bridgehead atoms. The molecule has 7 heteroatoms. The summed E-state index contributed by atoms with van der Waals surface area (Å²) in [5.74, 6) is -1.01. The van der Waals surface area contributed by atoms with Crippen molar-refractivity contribution in [3.63, 3.8) is 0 Å². The number of unbranched alkanes of at least 4 members (excludes halogenated alkanes) is 2. The zero-order valence-corrected chi connectivity index (χ0v) is 22.8. The second kappa shape index (κ2) is 11.7. The minimum absolute atomic E-state index is 0.0192. The molecule has 4 aromatic rings. The summed E-state index contributed by atoms with van der Waals surface area (Å²) in [6.45, 7) is 4.71. The molecule has 0 aliphatic carbocycles. The molecule has 0 saturated carbocycles. The monoisotopic (exact) mass is 538 g/mol. The van der Waals surface area contributed by atoms with E-state index in [4.69, 9.17) is 9.72 Å². The van der Waals surface area contributed by atoms with Crippen LogP contribution in [0.5, 0.6) is 5.75 Å². The number of nitrogens with zero attached hydrogens (tertiary/aromatic N) is 2. The summed E-state index contributed by atoms with van der Waals surface area (Å²) < 4.78 is 6.90. The normalized spacial score (nSPS) is 15.6. The van der Waals surface area contributed by atoms with Crippen molar-refractivity contribution >= 4 is 44.5 Å². The Morgan fingerprint density at radius 3 is 2.69 bits per heavy atom. The second-order valence-corrected chi connectivity index (χ2v) is 10.6. The molecule has 1 atom stereocenters. The Morgan fingerprint density at radius 1 is 1.08 bits per heavy atom. The number of thiazole rings is 1. The van der Waals surface area contributed by atoms with Crippen LogP contribution in [0.25, 0.3) is 16.3 Å². The molecule has 1 N–H and O–H groups in total. The lowest BCUT2D eigenvalue weighted by atomic mass is 9.95. The van der Waals surface area contributed by atoms with Gasteiger partial charge in [-0.2, -0.15) is 0 Å². The van der Waals surface area contributed by atoms with Gasteiger partial charge in [0.2, 0.25) is 0 Å². The highest BCUT2D eigenvalue weighted by Crippen LogP contribution is 2.44. The lowest BCUT2D eigenvalue weighted by Gasteiger charge is -2.24. The molecule has 1 amide bonds. The number of aryl methyl sites for hydroxylation is 1. The van der Waals surface area contributed by atoms with Crippen molar-refractivity contribution in [2.45, 2.75) is 39.2 Å². The number of aliphatic hydroxyl groups is 1. The van der Waals surface area contributed by atoms with Gasteiger partial charge in [-0.15, -0.1) is 0 Å². The lowest BCUT2D eigenvalue weighted by molar-refractivity contribution is -0.117. The summed E-state index contributed by atoms with van der Waals surface area (Å²) in [4.78, 5) is 33.2. The van der Waals surface area contributed by atoms with Crippen LogP contribution in [0.3, 0.4) is 0 Å². The number of ether oxygens (including phenoxy) is 1. The average molecular weight is 539 g/mol. The zero-order chi connectivity index (χ0) is 27.4. The van der Waals surface area contributed by atoms with Gasteiger partial charge in [0.05, 0.1) is 28.4 Å². The van der Waals surface area contributed by atoms with E-state index >= 15 is 0 Å². The topological polar surface area (TPSA) is 79.7 Å². The molecule has 6 nitrogen and oxygen atoms in total. The van der Waals surface area contributed by atoms with Crippen LogP contribution in [0.1, 0.15) is 48.9 Å². The number of anilines is 1. The first-order valence-corrected chi connectivity index (χ1v) is 13.9. The van der Waals surface area contributed by atoms with Crippen molar-refractivity contribution in [3.8, 4) is 5.75 Å². The van der Waals surface area contributed by atoms with Gasteiger partial charge < -0.3 is 9.84 Å². The molecule has 2 heterocycles. The number of rotatable bonds is 10. The molecule has 0 spiro atoms. The molecule has 39 heavy (non-hydrogen) atoms. The predicted molar refractivity (Wildman–Crippen MR) is 156 cm³/mol. The third-order valence-corrected chi connectivity index (χ3v) is 7.65. The molecular weight excluding hydrogens is 508 g/mol. The van der Waals surface area contributed by atoms with E-state index in [0.29, 0.717) is 23.1 Å². The number of allylic oxidation sites excluding steroid dienone is 1. The summed E-state index contributed by atoms with van der Waals surface area (Å²) in [5.41, 5.74) is 3.35. The standard InChI is InChI=1S/C32H30N2O4S/c1-3-4-8-18-38-24-13-9-12-23(20-24)29-28(26(35)17-15-22-10-6-5-7-11-22)30(36)31(37)34(29)32-33-25-16-14-21(2)19-27(25)39-32/h5-7,9-17,19-20,29,36H,3-4,8,18H2,1-2H3/b17-15+. The number of hydrogen-bond acceptors (Lipinski definition) is 6. The molecule has 198 valence electrons. The van der Waals surface area contributed by atoms with Gasteiger partial charge in [0.15, 0.2) is 16.7 Å². The quantitative estimate of drug-likeness (QED) is 0.169. The van der Waals surface area contributed by atoms with Crippen LogP contribution >= 0.6 is 11.3 Å². The summed E-state index contributed by atoms with van der Waals surface area (Å²) >= 11 is 1.36. The van der Waals surface area contributed by atoms with Gasteiger partial charge in [-0.25, -0.2) is 4.98 Å². The first-order chi connectivity index (χ1) is 19.0. The molecule has 5 rings (SSSR count). The molecule has 1 unspecified atom stereocenters. The average Bonchev–Trinajstić information content (AvgIpc) is 3.48. The van der Waals surface area contributed by atoms with E-state index < -0.39 is 23.5 Å². The number of fused-ring (bicyclic) bond motifs is 1. The highest BCUT2D eigenvalue weighted by atomic mass is 32.1. The van der Waals surface area contributed by atoms with Gasteiger partial charge in [-0.3, -0.25) is 14.5 Å². The van der Waals surface area contributed by atoms with Crippen LogP contribution in [-0.2, 0) is 9.59 Å². The first kappa shape index (κ1) is 26.4. The maximum atomic E-state index is 13.5. The van der Waals surface area contributed by atoms with Crippen LogP contribution in [-0.4, -0.2) is 28.4 Å². The highest BCUT2D eigenvalue weighted by molar-refractivity contribution is 7.22. The Hall–Kier alpha value is -4.23. The first-order valence-electron chi connectivity index (χ1n) is 13.1. The third-order valence-electron chi connectivity index (χ3n) is 6.63. The third kappa shape index (κ3) is 5.64. The molecule has 1 aromatic heterocycles. The van der Waals surface area contributed by atoms with Crippen molar-refractivity contribution in [2.75, 3.05) is 11.5 Å². The van der Waals surface area contributed by atoms with E-state index in [1.807, 2.05) is 79.7 Å². The Morgan fingerprint density at radius 2 is 1.90 bits per heavy atom. The highest BCUT2D eigenvalue weighted by Gasteiger charge is 2.45. The van der Waals surface area contributed by atoms with E-state index in [1.54, 1.807) is 6.08 Å². The van der Waals surface area contributed by atoms with Gasteiger partial charge in [-0.05, 0) is 60.4 Å². The van der Waals surface area contributed by atoms with E-state index in [9.17, 15) is 14.7 Å². The summed E-state index contributed by atoms with van der Waals surface area (Å²) in [5, 5.41) is 11.5. The number of hydrogen-bond donors (Lipinski definition) is 1. The van der Waals surface area contributed by atoms with E-state index in [1.165, 1.54) is 22.3 Å². The molecule has 0 saturated heterocycles. The number of amides is 1. The van der Waals surface area contributed by atoms with E-state index in [0.717, 1.165) is 40.6 Å². The number of ketones is 1. The second-order valence-electron chi connectivity index (χ2n) is 9.54. The molecule has 1 aliphatic rings. The Labute approximate surface area is 231 Å². The maximum absolute atomic E-state index is 13.5. The number of carbonyl (C=O) groups excluding carboxylic acids is 2. The molecule has 0 radical (unpaired) electrons. The fraction of sp³-hybridized carbons (Fsp3) is 0.219. The minimum Gasteiger partial charge on any atom is -0.503 e.